The Hall–Kier alpha value is -2.28. The lowest BCUT2D eigenvalue weighted by Crippen LogP contribution is -2.25. The second-order valence-electron chi connectivity index (χ2n) is 5.15. The van der Waals surface area contributed by atoms with Crippen LogP contribution >= 0.6 is 11.6 Å². The first-order valence-electron chi connectivity index (χ1n) is 8.31. The molecule has 2 aromatic rings. The van der Waals surface area contributed by atoms with Crippen molar-refractivity contribution < 1.29 is 23.7 Å². The van der Waals surface area contributed by atoms with E-state index >= 15 is 0 Å². The molecule has 0 aliphatic heterocycles. The maximum Gasteiger partial charge on any atom is 0.417 e. The third kappa shape index (κ3) is 6.92. The average Bonchev–Trinajstić information content (AvgIpc) is 2.60. The van der Waals surface area contributed by atoms with Crippen LogP contribution in [0.25, 0.3) is 0 Å². The van der Waals surface area contributed by atoms with Gasteiger partial charge in [-0.3, -0.25) is 5.32 Å². The number of ether oxygens (including phenoxy) is 4. The second kappa shape index (κ2) is 10.7. The number of carbonyl (C=O) groups is 1. The van der Waals surface area contributed by atoms with E-state index in [1.54, 1.807) is 24.3 Å². The standard InChI is InChI=1S/C19H22ClNO5/c1-3-23-18(24-4-2)13-25-16-10-14(20)11-17(12-16)26-19(22)21-15-8-6-5-7-9-15/h5-12,18H,3-4,13H2,1-2H3,(H,21,22). The maximum atomic E-state index is 12.0. The second-order valence-corrected chi connectivity index (χ2v) is 5.59. The molecular weight excluding hydrogens is 358 g/mol. The number of halogens is 1. The molecule has 0 aromatic heterocycles. The van der Waals surface area contributed by atoms with Gasteiger partial charge in [-0.1, -0.05) is 29.8 Å². The van der Waals surface area contributed by atoms with Gasteiger partial charge in [0, 0.05) is 30.0 Å². The lowest BCUT2D eigenvalue weighted by atomic mass is 10.3. The number of hydrogen-bond donors (Lipinski definition) is 1. The highest BCUT2D eigenvalue weighted by Gasteiger charge is 2.11. The van der Waals surface area contributed by atoms with Gasteiger partial charge >= 0.3 is 6.09 Å². The predicted molar refractivity (Wildman–Crippen MR) is 100 cm³/mol. The third-order valence-corrected chi connectivity index (χ3v) is 3.38. The van der Waals surface area contributed by atoms with Gasteiger partial charge in [-0.05, 0) is 38.1 Å². The highest BCUT2D eigenvalue weighted by atomic mass is 35.5. The predicted octanol–water partition coefficient (Wildman–Crippen LogP) is 4.73. The first-order valence-corrected chi connectivity index (χ1v) is 8.69. The summed E-state index contributed by atoms with van der Waals surface area (Å²) in [4.78, 5) is 12.0. The summed E-state index contributed by atoms with van der Waals surface area (Å²) in [7, 11) is 0. The Morgan fingerprint density at radius 1 is 1.04 bits per heavy atom. The Bertz CT molecular complexity index is 690. The molecule has 0 aliphatic carbocycles. The fourth-order valence-corrected chi connectivity index (χ4v) is 2.35. The molecule has 26 heavy (non-hydrogen) atoms. The van der Waals surface area contributed by atoms with E-state index in [-0.39, 0.29) is 12.4 Å². The van der Waals surface area contributed by atoms with E-state index in [4.69, 9.17) is 30.5 Å². The van der Waals surface area contributed by atoms with Crippen LogP contribution in [0, 0.1) is 0 Å². The van der Waals surface area contributed by atoms with Gasteiger partial charge in [-0.25, -0.2) is 4.79 Å². The van der Waals surface area contributed by atoms with Crippen molar-refractivity contribution >= 4 is 23.4 Å². The largest absolute Gasteiger partial charge is 0.488 e. The van der Waals surface area contributed by atoms with Crippen LogP contribution in [-0.2, 0) is 9.47 Å². The van der Waals surface area contributed by atoms with Crippen molar-refractivity contribution in [2.45, 2.75) is 20.1 Å². The van der Waals surface area contributed by atoms with Gasteiger partial charge in [0.25, 0.3) is 0 Å². The lowest BCUT2D eigenvalue weighted by molar-refractivity contribution is -0.152. The molecule has 0 heterocycles. The Labute approximate surface area is 158 Å². The summed E-state index contributed by atoms with van der Waals surface area (Å²) < 4.78 is 21.8. The summed E-state index contributed by atoms with van der Waals surface area (Å²) in [5.41, 5.74) is 0.632. The van der Waals surface area contributed by atoms with Crippen molar-refractivity contribution in [2.24, 2.45) is 0 Å². The van der Waals surface area contributed by atoms with E-state index in [0.717, 1.165) is 0 Å². The number of hydrogen-bond acceptors (Lipinski definition) is 5. The van der Waals surface area contributed by atoms with Crippen molar-refractivity contribution in [3.8, 4) is 11.5 Å². The molecule has 1 amide bonds. The maximum absolute atomic E-state index is 12.0. The number of carbonyl (C=O) groups excluding carboxylic acids is 1. The molecule has 0 aliphatic rings. The summed E-state index contributed by atoms with van der Waals surface area (Å²) in [5.74, 6) is 0.717. The number of anilines is 1. The van der Waals surface area contributed by atoms with E-state index in [1.165, 1.54) is 6.07 Å². The average molecular weight is 380 g/mol. The molecule has 2 aromatic carbocycles. The molecule has 0 spiro atoms. The van der Waals surface area contributed by atoms with Gasteiger partial charge in [0.1, 0.15) is 18.1 Å². The fraction of sp³-hybridized carbons (Fsp3) is 0.316. The molecule has 1 N–H and O–H groups in total. The van der Waals surface area contributed by atoms with Crippen LogP contribution in [0.3, 0.4) is 0 Å². The molecule has 0 saturated carbocycles. The minimum Gasteiger partial charge on any atom is -0.488 e. The van der Waals surface area contributed by atoms with Crippen LogP contribution in [0.1, 0.15) is 13.8 Å². The summed E-state index contributed by atoms with van der Waals surface area (Å²) in [6, 6.07) is 13.7. The van der Waals surface area contributed by atoms with Crippen molar-refractivity contribution in [1.29, 1.82) is 0 Å². The summed E-state index contributed by atoms with van der Waals surface area (Å²) in [6.45, 7) is 4.97. The van der Waals surface area contributed by atoms with Crippen LogP contribution in [0.5, 0.6) is 11.5 Å². The van der Waals surface area contributed by atoms with E-state index in [1.807, 2.05) is 32.0 Å². The third-order valence-electron chi connectivity index (χ3n) is 3.17. The summed E-state index contributed by atoms with van der Waals surface area (Å²) in [6.07, 6.45) is -1.10. The molecular formula is C19H22ClNO5. The molecule has 0 saturated heterocycles. The van der Waals surface area contributed by atoms with Crippen molar-refractivity contribution in [1.82, 2.24) is 0 Å². The van der Waals surface area contributed by atoms with Gasteiger partial charge < -0.3 is 18.9 Å². The summed E-state index contributed by atoms with van der Waals surface area (Å²) >= 11 is 6.08. The first-order chi connectivity index (χ1) is 12.6. The first kappa shape index (κ1) is 20.0. The molecule has 140 valence electrons. The Morgan fingerprint density at radius 3 is 2.35 bits per heavy atom. The van der Waals surface area contributed by atoms with E-state index in [9.17, 15) is 4.79 Å². The van der Waals surface area contributed by atoms with E-state index < -0.39 is 12.4 Å². The van der Waals surface area contributed by atoms with Gasteiger partial charge in [0.05, 0.1) is 0 Å². The fourth-order valence-electron chi connectivity index (χ4n) is 2.13. The minimum absolute atomic E-state index is 0.192. The Morgan fingerprint density at radius 2 is 1.69 bits per heavy atom. The molecule has 0 unspecified atom stereocenters. The van der Waals surface area contributed by atoms with Crippen LogP contribution in [0.15, 0.2) is 48.5 Å². The van der Waals surface area contributed by atoms with Crippen molar-refractivity contribution in [3.05, 3.63) is 53.6 Å². The van der Waals surface area contributed by atoms with Crippen molar-refractivity contribution in [2.75, 3.05) is 25.1 Å². The van der Waals surface area contributed by atoms with Crippen LogP contribution < -0.4 is 14.8 Å². The molecule has 0 bridgehead atoms. The number of nitrogens with one attached hydrogen (secondary N) is 1. The van der Waals surface area contributed by atoms with Gasteiger partial charge in [0.15, 0.2) is 6.29 Å². The van der Waals surface area contributed by atoms with Gasteiger partial charge in [-0.2, -0.15) is 0 Å². The van der Waals surface area contributed by atoms with Gasteiger partial charge in [0.2, 0.25) is 0 Å². The smallest absolute Gasteiger partial charge is 0.417 e. The zero-order chi connectivity index (χ0) is 18.8. The van der Waals surface area contributed by atoms with Gasteiger partial charge in [-0.15, -0.1) is 0 Å². The molecule has 2 rings (SSSR count). The Balaban J connectivity index is 1.96. The normalized spacial score (nSPS) is 10.6. The number of amides is 1. The van der Waals surface area contributed by atoms with E-state index in [0.29, 0.717) is 29.7 Å². The molecule has 7 heteroatoms. The molecule has 0 radical (unpaired) electrons. The molecule has 0 atom stereocenters. The van der Waals surface area contributed by atoms with Crippen LogP contribution in [0.2, 0.25) is 5.02 Å². The molecule has 6 nitrogen and oxygen atoms in total. The van der Waals surface area contributed by atoms with Crippen molar-refractivity contribution in [3.63, 3.8) is 0 Å². The SMILES string of the molecule is CCOC(COc1cc(Cl)cc(OC(=O)Nc2ccccc2)c1)OCC. The quantitative estimate of drug-likeness (QED) is 0.638. The number of para-hydroxylation sites is 1. The topological polar surface area (TPSA) is 66.0 Å². The zero-order valence-corrected chi connectivity index (χ0v) is 15.5. The minimum atomic E-state index is -0.620. The number of benzene rings is 2. The highest BCUT2D eigenvalue weighted by molar-refractivity contribution is 6.30. The highest BCUT2D eigenvalue weighted by Crippen LogP contribution is 2.26. The summed E-state index contributed by atoms with van der Waals surface area (Å²) in [5, 5.41) is 3.01. The number of rotatable bonds is 9. The lowest BCUT2D eigenvalue weighted by Gasteiger charge is -2.18. The van der Waals surface area contributed by atoms with Crippen LogP contribution in [-0.4, -0.2) is 32.2 Å². The molecule has 0 fully saturated rings. The Kier molecular flexibility index (Phi) is 8.21. The monoisotopic (exact) mass is 379 g/mol. The van der Waals surface area contributed by atoms with Crippen LogP contribution in [0.4, 0.5) is 10.5 Å². The zero-order valence-electron chi connectivity index (χ0n) is 14.7. The van der Waals surface area contributed by atoms with E-state index in [2.05, 4.69) is 5.32 Å².